The summed E-state index contributed by atoms with van der Waals surface area (Å²) in [4.78, 5) is 7.75. The van der Waals surface area contributed by atoms with E-state index in [0.29, 0.717) is 11.8 Å². The van der Waals surface area contributed by atoms with E-state index in [1.54, 1.807) is 0 Å². The van der Waals surface area contributed by atoms with Crippen molar-refractivity contribution in [3.05, 3.63) is 0 Å². The SMILES string of the molecule is NC(N)=NC(N)=NCC1CSCCS1. The van der Waals surface area contributed by atoms with Crippen molar-refractivity contribution >= 4 is 35.4 Å². The molecule has 0 aromatic rings. The molecule has 1 aliphatic heterocycles. The maximum Gasteiger partial charge on any atom is 0.218 e. The molecule has 80 valence electrons. The lowest BCUT2D eigenvalue weighted by Crippen LogP contribution is -2.27. The minimum Gasteiger partial charge on any atom is -0.370 e. The van der Waals surface area contributed by atoms with Crippen molar-refractivity contribution in [2.75, 3.05) is 23.8 Å². The van der Waals surface area contributed by atoms with Gasteiger partial charge in [-0.15, -0.1) is 0 Å². The molecule has 1 aliphatic rings. The zero-order valence-electron chi connectivity index (χ0n) is 7.85. The van der Waals surface area contributed by atoms with Crippen molar-refractivity contribution in [3.8, 4) is 0 Å². The molecule has 1 rings (SSSR count). The van der Waals surface area contributed by atoms with E-state index >= 15 is 0 Å². The molecular formula is C7H15N5S2. The molecule has 0 spiro atoms. The molecule has 14 heavy (non-hydrogen) atoms. The number of hydrogen-bond acceptors (Lipinski definition) is 3. The van der Waals surface area contributed by atoms with Crippen molar-refractivity contribution in [2.24, 2.45) is 27.2 Å². The van der Waals surface area contributed by atoms with Crippen LogP contribution in [0.4, 0.5) is 0 Å². The van der Waals surface area contributed by atoms with E-state index in [2.05, 4.69) is 9.98 Å². The summed E-state index contributed by atoms with van der Waals surface area (Å²) in [5.41, 5.74) is 15.8. The van der Waals surface area contributed by atoms with Gasteiger partial charge in [0.15, 0.2) is 5.96 Å². The lowest BCUT2D eigenvalue weighted by Gasteiger charge is -2.18. The first-order valence-electron chi connectivity index (χ1n) is 4.27. The van der Waals surface area contributed by atoms with Gasteiger partial charge >= 0.3 is 0 Å². The molecule has 7 heteroatoms. The highest BCUT2D eigenvalue weighted by Crippen LogP contribution is 2.23. The van der Waals surface area contributed by atoms with Crippen LogP contribution in [0.5, 0.6) is 0 Å². The molecule has 0 aromatic heterocycles. The molecule has 5 nitrogen and oxygen atoms in total. The van der Waals surface area contributed by atoms with E-state index < -0.39 is 0 Å². The van der Waals surface area contributed by atoms with Gasteiger partial charge in [0, 0.05) is 22.5 Å². The van der Waals surface area contributed by atoms with Gasteiger partial charge in [-0.3, -0.25) is 4.99 Å². The maximum atomic E-state index is 5.48. The lowest BCUT2D eigenvalue weighted by atomic mass is 10.5. The van der Waals surface area contributed by atoms with Crippen molar-refractivity contribution < 1.29 is 0 Å². The van der Waals surface area contributed by atoms with Crippen LogP contribution in [-0.2, 0) is 0 Å². The Balaban J connectivity index is 2.33. The fourth-order valence-electron chi connectivity index (χ4n) is 1.00. The Bertz CT molecular complexity index is 230. The first-order chi connectivity index (χ1) is 6.68. The Morgan fingerprint density at radius 2 is 2.07 bits per heavy atom. The second-order valence-corrected chi connectivity index (χ2v) is 5.36. The van der Waals surface area contributed by atoms with E-state index in [0.717, 1.165) is 5.75 Å². The van der Waals surface area contributed by atoms with Crippen LogP contribution in [0.25, 0.3) is 0 Å². The Morgan fingerprint density at radius 1 is 1.29 bits per heavy atom. The van der Waals surface area contributed by atoms with Gasteiger partial charge in [-0.05, 0) is 0 Å². The highest BCUT2D eigenvalue weighted by Gasteiger charge is 2.13. The second kappa shape index (κ2) is 6.02. The summed E-state index contributed by atoms with van der Waals surface area (Å²) >= 11 is 3.88. The average Bonchev–Trinajstić information content (AvgIpc) is 2.15. The molecule has 1 fully saturated rings. The van der Waals surface area contributed by atoms with Crippen LogP contribution in [-0.4, -0.2) is 41.0 Å². The van der Waals surface area contributed by atoms with E-state index in [1.165, 1.54) is 11.5 Å². The maximum absolute atomic E-state index is 5.48. The second-order valence-electron chi connectivity index (χ2n) is 2.80. The van der Waals surface area contributed by atoms with Crippen molar-refractivity contribution in [1.29, 1.82) is 0 Å². The molecular weight excluding hydrogens is 218 g/mol. The summed E-state index contributed by atoms with van der Waals surface area (Å²) in [6, 6.07) is 0. The van der Waals surface area contributed by atoms with E-state index in [-0.39, 0.29) is 11.9 Å². The standard InChI is InChI=1S/C7H15N5S2/c8-6(9)12-7(10)11-3-5-4-13-1-2-14-5/h5H,1-4H2,(H6,8,9,10,11,12). The van der Waals surface area contributed by atoms with Gasteiger partial charge in [0.1, 0.15) is 0 Å². The highest BCUT2D eigenvalue weighted by atomic mass is 32.2. The van der Waals surface area contributed by atoms with E-state index in [1.807, 2.05) is 23.5 Å². The Kier molecular flexibility index (Phi) is 4.95. The van der Waals surface area contributed by atoms with Crippen molar-refractivity contribution in [1.82, 2.24) is 0 Å². The summed E-state index contributed by atoms with van der Waals surface area (Å²) in [7, 11) is 0. The normalized spacial score (nSPS) is 23.1. The molecule has 6 N–H and O–H groups in total. The predicted octanol–water partition coefficient (Wildman–Crippen LogP) is -0.577. The third-order valence-electron chi connectivity index (χ3n) is 1.59. The number of nitrogens with two attached hydrogens (primary N) is 3. The van der Waals surface area contributed by atoms with Gasteiger partial charge in [0.25, 0.3) is 0 Å². The highest BCUT2D eigenvalue weighted by molar-refractivity contribution is 8.06. The summed E-state index contributed by atoms with van der Waals surface area (Å²) in [5, 5.41) is 0.543. The first kappa shape index (κ1) is 11.5. The molecule has 0 amide bonds. The van der Waals surface area contributed by atoms with Crippen LogP contribution in [0.15, 0.2) is 9.98 Å². The topological polar surface area (TPSA) is 103 Å². The third-order valence-corrected chi connectivity index (χ3v) is 4.41. The van der Waals surface area contributed by atoms with Gasteiger partial charge in [-0.1, -0.05) is 0 Å². The van der Waals surface area contributed by atoms with Crippen molar-refractivity contribution in [2.45, 2.75) is 5.25 Å². The van der Waals surface area contributed by atoms with Gasteiger partial charge in [0.2, 0.25) is 5.96 Å². The molecule has 0 bridgehead atoms. The quantitative estimate of drug-likeness (QED) is 0.437. The van der Waals surface area contributed by atoms with E-state index in [9.17, 15) is 0 Å². The molecule has 1 unspecified atom stereocenters. The fourth-order valence-corrected chi connectivity index (χ4v) is 3.58. The zero-order valence-corrected chi connectivity index (χ0v) is 9.48. The Hall–Kier alpha value is -0.560. The summed E-state index contributed by atoms with van der Waals surface area (Å²) in [6.07, 6.45) is 0. The third kappa shape index (κ3) is 4.61. The van der Waals surface area contributed by atoms with Crippen LogP contribution in [0.1, 0.15) is 0 Å². The predicted molar refractivity (Wildman–Crippen MR) is 65.9 cm³/mol. The molecule has 0 saturated carbocycles. The monoisotopic (exact) mass is 233 g/mol. The largest absolute Gasteiger partial charge is 0.370 e. The number of nitrogens with zero attached hydrogens (tertiary/aromatic N) is 2. The van der Waals surface area contributed by atoms with Gasteiger partial charge < -0.3 is 17.2 Å². The Morgan fingerprint density at radius 3 is 2.64 bits per heavy atom. The number of aliphatic imine (C=N–C) groups is 2. The molecule has 0 radical (unpaired) electrons. The minimum atomic E-state index is -0.0445. The van der Waals surface area contributed by atoms with E-state index in [4.69, 9.17) is 17.2 Å². The number of guanidine groups is 2. The summed E-state index contributed by atoms with van der Waals surface area (Å²) < 4.78 is 0. The Labute approximate surface area is 92.0 Å². The minimum absolute atomic E-state index is 0.0445. The number of hydrogen-bond donors (Lipinski definition) is 3. The van der Waals surface area contributed by atoms with Gasteiger partial charge in [-0.2, -0.15) is 28.5 Å². The van der Waals surface area contributed by atoms with Crippen LogP contribution < -0.4 is 17.2 Å². The van der Waals surface area contributed by atoms with Crippen LogP contribution in [0.2, 0.25) is 0 Å². The summed E-state index contributed by atoms with van der Waals surface area (Å²) in [5.74, 6) is 3.67. The smallest absolute Gasteiger partial charge is 0.218 e. The van der Waals surface area contributed by atoms with Gasteiger partial charge in [0.05, 0.1) is 6.54 Å². The lowest BCUT2D eigenvalue weighted by molar-refractivity contribution is 0.951. The number of rotatable bonds is 2. The summed E-state index contributed by atoms with van der Waals surface area (Å²) in [6.45, 7) is 0.695. The molecule has 1 saturated heterocycles. The fraction of sp³-hybridized carbons (Fsp3) is 0.714. The van der Waals surface area contributed by atoms with Gasteiger partial charge in [-0.25, -0.2) is 0 Å². The van der Waals surface area contributed by atoms with Crippen LogP contribution in [0, 0.1) is 0 Å². The zero-order chi connectivity index (χ0) is 10.4. The average molecular weight is 233 g/mol. The number of thioether (sulfide) groups is 2. The molecule has 0 aromatic carbocycles. The molecule has 1 heterocycles. The van der Waals surface area contributed by atoms with Crippen LogP contribution in [0.3, 0.4) is 0 Å². The molecule has 1 atom stereocenters. The molecule has 0 aliphatic carbocycles. The van der Waals surface area contributed by atoms with Crippen molar-refractivity contribution in [3.63, 3.8) is 0 Å². The van der Waals surface area contributed by atoms with Crippen LogP contribution >= 0.6 is 23.5 Å². The first-order valence-corrected chi connectivity index (χ1v) is 6.47.